The second-order valence-electron chi connectivity index (χ2n) is 10.2. The van der Waals surface area contributed by atoms with E-state index in [4.69, 9.17) is 16.3 Å². The molecule has 4 fully saturated rings. The lowest BCUT2D eigenvalue weighted by molar-refractivity contribution is -0.139. The number of hydrogen-bond acceptors (Lipinski definition) is 5. The van der Waals surface area contributed by atoms with Crippen LogP contribution in [0, 0.1) is 36.5 Å². The summed E-state index contributed by atoms with van der Waals surface area (Å²) in [6.45, 7) is 2.02. The van der Waals surface area contributed by atoms with Gasteiger partial charge in [-0.15, -0.1) is 0 Å². The number of ether oxygens (including phenoxy) is 1. The maximum absolute atomic E-state index is 13.2. The minimum absolute atomic E-state index is 0.0598. The summed E-state index contributed by atoms with van der Waals surface area (Å²) in [5, 5.41) is 0.517. The van der Waals surface area contributed by atoms with Crippen molar-refractivity contribution in [2.45, 2.75) is 32.6 Å². The van der Waals surface area contributed by atoms with Crippen molar-refractivity contribution in [2.75, 3.05) is 16.3 Å². The first-order chi connectivity index (χ1) is 16.8. The zero-order valence-corrected chi connectivity index (χ0v) is 20.0. The van der Waals surface area contributed by atoms with Gasteiger partial charge in [-0.25, -0.2) is 4.90 Å². The van der Waals surface area contributed by atoms with E-state index in [2.05, 4.69) is 0 Å². The van der Waals surface area contributed by atoms with Crippen LogP contribution in [0.2, 0.25) is 5.02 Å². The highest BCUT2D eigenvalue weighted by Crippen LogP contribution is 2.56. The zero-order chi connectivity index (χ0) is 24.4. The first kappa shape index (κ1) is 22.3. The van der Waals surface area contributed by atoms with Crippen molar-refractivity contribution < 1.29 is 23.9 Å². The number of esters is 1. The largest absolute Gasteiger partial charge is 0.426 e. The molecule has 180 valence electrons. The number of amides is 3. The average Bonchev–Trinajstić information content (AvgIpc) is 3.58. The van der Waals surface area contributed by atoms with E-state index in [1.165, 1.54) is 4.90 Å². The molecule has 8 heteroatoms. The Morgan fingerprint density at radius 1 is 1.00 bits per heavy atom. The van der Waals surface area contributed by atoms with Gasteiger partial charge in [-0.2, -0.15) is 0 Å². The van der Waals surface area contributed by atoms with Crippen LogP contribution in [0.25, 0.3) is 0 Å². The van der Waals surface area contributed by atoms with Crippen LogP contribution in [0.4, 0.5) is 11.4 Å². The van der Waals surface area contributed by atoms with Crippen LogP contribution in [0.15, 0.2) is 42.5 Å². The Balaban J connectivity index is 1.16. The van der Waals surface area contributed by atoms with Crippen molar-refractivity contribution >= 4 is 46.7 Å². The van der Waals surface area contributed by atoms with E-state index in [1.54, 1.807) is 54.3 Å². The van der Waals surface area contributed by atoms with E-state index < -0.39 is 11.9 Å². The highest BCUT2D eigenvalue weighted by Gasteiger charge is 2.61. The van der Waals surface area contributed by atoms with Crippen LogP contribution >= 0.6 is 11.6 Å². The number of aryl methyl sites for hydroxylation is 1. The Morgan fingerprint density at radius 2 is 1.71 bits per heavy atom. The van der Waals surface area contributed by atoms with Gasteiger partial charge in [0.25, 0.3) is 0 Å². The van der Waals surface area contributed by atoms with Crippen LogP contribution < -0.4 is 14.5 Å². The van der Waals surface area contributed by atoms with Crippen LogP contribution in [0.5, 0.6) is 5.75 Å². The predicted octanol–water partition coefficient (Wildman–Crippen LogP) is 4.14. The number of imide groups is 1. The fourth-order valence-corrected chi connectivity index (χ4v) is 6.73. The molecule has 5 atom stereocenters. The van der Waals surface area contributed by atoms with Crippen LogP contribution in [0.3, 0.4) is 0 Å². The first-order valence-corrected chi connectivity index (χ1v) is 12.5. The summed E-state index contributed by atoms with van der Waals surface area (Å²) in [5.74, 6) is -0.819. The molecular formula is C27H25ClN2O5. The van der Waals surface area contributed by atoms with E-state index in [9.17, 15) is 19.2 Å². The normalized spacial score (nSPS) is 29.3. The molecule has 2 bridgehead atoms. The van der Waals surface area contributed by atoms with Crippen LogP contribution in [0.1, 0.15) is 31.2 Å². The Kier molecular flexibility index (Phi) is 5.22. The van der Waals surface area contributed by atoms with Crippen molar-refractivity contribution in [3.63, 3.8) is 0 Å². The molecule has 3 amide bonds. The summed E-state index contributed by atoms with van der Waals surface area (Å²) < 4.78 is 5.59. The Labute approximate surface area is 208 Å². The summed E-state index contributed by atoms with van der Waals surface area (Å²) in [5.41, 5.74) is 1.89. The second-order valence-corrected chi connectivity index (χ2v) is 10.6. The molecule has 2 heterocycles. The lowest BCUT2D eigenvalue weighted by Crippen LogP contribution is -2.33. The summed E-state index contributed by atoms with van der Waals surface area (Å²) in [6.07, 6.45) is 3.12. The summed E-state index contributed by atoms with van der Waals surface area (Å²) in [7, 11) is 0. The average molecular weight is 493 g/mol. The molecule has 0 radical (unpaired) electrons. The fraction of sp³-hybridized carbons (Fsp3) is 0.407. The van der Waals surface area contributed by atoms with Gasteiger partial charge in [0.2, 0.25) is 17.7 Å². The van der Waals surface area contributed by atoms with E-state index in [-0.39, 0.29) is 42.5 Å². The maximum atomic E-state index is 13.2. The third-order valence-corrected chi connectivity index (χ3v) is 8.37. The van der Waals surface area contributed by atoms with Gasteiger partial charge in [0.15, 0.2) is 0 Å². The molecule has 4 aliphatic rings. The van der Waals surface area contributed by atoms with Crippen molar-refractivity contribution in [1.82, 2.24) is 0 Å². The lowest BCUT2D eigenvalue weighted by atomic mass is 9.81. The Morgan fingerprint density at radius 3 is 2.37 bits per heavy atom. The van der Waals surface area contributed by atoms with Gasteiger partial charge in [-0.3, -0.25) is 19.2 Å². The minimum Gasteiger partial charge on any atom is -0.426 e. The van der Waals surface area contributed by atoms with Gasteiger partial charge >= 0.3 is 5.97 Å². The fourth-order valence-electron chi connectivity index (χ4n) is 6.55. The SMILES string of the molecule is Cc1cc(OC(=O)[C@@H]2CC(=O)N(c3cccc(Cl)c3)C2)ccc1N1C(=O)[C@H]2[C@H]3CC[C@@H](C3)[C@@H]2C1=O. The molecule has 7 nitrogen and oxygen atoms in total. The smallest absolute Gasteiger partial charge is 0.316 e. The Bertz CT molecular complexity index is 1250. The number of carbonyl (C=O) groups is 4. The van der Waals surface area contributed by atoms with Gasteiger partial charge in [0, 0.05) is 23.7 Å². The minimum atomic E-state index is -0.599. The topological polar surface area (TPSA) is 84.0 Å². The van der Waals surface area contributed by atoms with Crippen molar-refractivity contribution in [3.8, 4) is 5.75 Å². The molecular weight excluding hydrogens is 468 g/mol. The summed E-state index contributed by atoms with van der Waals surface area (Å²) in [4.78, 5) is 54.5. The van der Waals surface area contributed by atoms with Gasteiger partial charge in [-0.05, 0) is 80.0 Å². The molecule has 2 saturated heterocycles. The van der Waals surface area contributed by atoms with Crippen molar-refractivity contribution in [2.24, 2.45) is 29.6 Å². The van der Waals surface area contributed by atoms with Crippen LogP contribution in [-0.4, -0.2) is 30.2 Å². The molecule has 0 spiro atoms. The number of fused-ring (bicyclic) bond motifs is 5. The van der Waals surface area contributed by atoms with E-state index in [1.807, 2.05) is 0 Å². The van der Waals surface area contributed by atoms with Gasteiger partial charge in [-0.1, -0.05) is 17.7 Å². The molecule has 0 unspecified atom stereocenters. The number of rotatable bonds is 4. The van der Waals surface area contributed by atoms with E-state index in [0.29, 0.717) is 39.5 Å². The lowest BCUT2D eigenvalue weighted by Gasteiger charge is -2.20. The van der Waals surface area contributed by atoms with Crippen molar-refractivity contribution in [1.29, 1.82) is 0 Å². The van der Waals surface area contributed by atoms with Crippen molar-refractivity contribution in [3.05, 3.63) is 53.1 Å². The van der Waals surface area contributed by atoms with Gasteiger partial charge < -0.3 is 9.64 Å². The standard InChI is InChI=1S/C27H25ClN2O5/c1-14-9-20(35-27(34)17-11-22(31)29(13-17)19-4-2-3-18(28)12-19)7-8-21(14)30-25(32)23-15-5-6-16(10-15)24(23)26(30)33/h2-4,7-9,12,15-17,23-24H,5-6,10-11,13H2,1H3/t15-,16-,17+,23-,24-/m0/s1. The van der Waals surface area contributed by atoms with Gasteiger partial charge in [0.05, 0.1) is 23.4 Å². The predicted molar refractivity (Wildman–Crippen MR) is 129 cm³/mol. The number of nitrogens with zero attached hydrogens (tertiary/aromatic N) is 2. The molecule has 2 aromatic rings. The number of halogens is 1. The first-order valence-electron chi connectivity index (χ1n) is 12.1. The highest BCUT2D eigenvalue weighted by molar-refractivity contribution is 6.31. The number of hydrogen-bond donors (Lipinski definition) is 0. The third-order valence-electron chi connectivity index (χ3n) is 8.13. The molecule has 35 heavy (non-hydrogen) atoms. The zero-order valence-electron chi connectivity index (χ0n) is 19.3. The molecule has 2 saturated carbocycles. The second kappa shape index (κ2) is 8.19. The Hall–Kier alpha value is -3.19. The molecule has 0 N–H and O–H groups in total. The summed E-state index contributed by atoms with van der Waals surface area (Å²) >= 11 is 6.04. The molecule has 2 aliphatic heterocycles. The number of anilines is 2. The van der Waals surface area contributed by atoms with Gasteiger partial charge in [0.1, 0.15) is 5.75 Å². The molecule has 0 aromatic heterocycles. The van der Waals surface area contributed by atoms with E-state index in [0.717, 1.165) is 19.3 Å². The molecule has 2 aromatic carbocycles. The third kappa shape index (κ3) is 3.56. The molecule has 2 aliphatic carbocycles. The van der Waals surface area contributed by atoms with Crippen LogP contribution in [-0.2, 0) is 19.2 Å². The van der Waals surface area contributed by atoms with E-state index >= 15 is 0 Å². The maximum Gasteiger partial charge on any atom is 0.316 e. The number of carbonyl (C=O) groups excluding carboxylic acids is 4. The molecule has 6 rings (SSSR count). The quantitative estimate of drug-likeness (QED) is 0.364. The summed E-state index contributed by atoms with van der Waals surface area (Å²) in [6, 6.07) is 11.9. The number of benzene rings is 2. The monoisotopic (exact) mass is 492 g/mol. The highest BCUT2D eigenvalue weighted by atomic mass is 35.5.